The Balaban J connectivity index is 2.32. The van der Waals surface area contributed by atoms with Crippen molar-refractivity contribution in [3.8, 4) is 0 Å². The van der Waals surface area contributed by atoms with Gasteiger partial charge in [-0.25, -0.2) is 0 Å². The third-order valence-electron chi connectivity index (χ3n) is 1.88. The molecular formula is C12H15NO2. The first-order valence-corrected chi connectivity index (χ1v) is 4.87. The summed E-state index contributed by atoms with van der Waals surface area (Å²) in [6, 6.07) is 9.81. The van der Waals surface area contributed by atoms with E-state index in [2.05, 4.69) is 5.32 Å². The largest absolute Gasteiger partial charge is 0.384 e. The lowest BCUT2D eigenvalue weighted by Gasteiger charge is -2.03. The third kappa shape index (κ3) is 4.42. The summed E-state index contributed by atoms with van der Waals surface area (Å²) in [4.78, 5) is 11.0. The smallest absolute Gasteiger partial charge is 0.248 e. The zero-order valence-corrected chi connectivity index (χ0v) is 8.68. The van der Waals surface area contributed by atoms with Crippen molar-refractivity contribution in [3.05, 3.63) is 42.0 Å². The number of benzene rings is 1. The van der Waals surface area contributed by atoms with Gasteiger partial charge in [0.15, 0.2) is 0 Å². The van der Waals surface area contributed by atoms with Crippen LogP contribution < -0.4 is 5.32 Å². The van der Waals surface area contributed by atoms with Crippen molar-refractivity contribution in [1.29, 1.82) is 0 Å². The standard InChI is InChI=1S/C12H15NO2/c1-10(14)12(15)13-9-5-8-11-6-3-2-4-7-11/h2-8,10,14H,9H2,1H3,(H,13,15)/b8-5+/t10-/m1/s1. The Kier molecular flexibility index (Phi) is 4.57. The third-order valence-corrected chi connectivity index (χ3v) is 1.88. The van der Waals surface area contributed by atoms with E-state index in [1.807, 2.05) is 42.5 Å². The summed E-state index contributed by atoms with van der Waals surface area (Å²) in [5, 5.41) is 11.5. The van der Waals surface area contributed by atoms with Crippen LogP contribution in [-0.2, 0) is 4.79 Å². The summed E-state index contributed by atoms with van der Waals surface area (Å²) in [5.41, 5.74) is 1.09. The lowest BCUT2D eigenvalue weighted by molar-refractivity contribution is -0.128. The van der Waals surface area contributed by atoms with E-state index >= 15 is 0 Å². The first-order chi connectivity index (χ1) is 7.20. The quantitative estimate of drug-likeness (QED) is 0.776. The van der Waals surface area contributed by atoms with Gasteiger partial charge in [0.25, 0.3) is 0 Å². The Bertz CT molecular complexity index is 331. The predicted molar refractivity (Wildman–Crippen MR) is 60.2 cm³/mol. The minimum absolute atomic E-state index is 0.354. The minimum atomic E-state index is -0.949. The van der Waals surface area contributed by atoms with E-state index in [1.54, 1.807) is 0 Å². The van der Waals surface area contributed by atoms with E-state index < -0.39 is 6.10 Å². The van der Waals surface area contributed by atoms with Gasteiger partial charge in [-0.2, -0.15) is 0 Å². The number of aliphatic hydroxyl groups is 1. The first-order valence-electron chi connectivity index (χ1n) is 4.87. The Morgan fingerprint density at radius 2 is 2.13 bits per heavy atom. The molecule has 1 aromatic rings. The molecule has 0 unspecified atom stereocenters. The van der Waals surface area contributed by atoms with Crippen LogP contribution in [0, 0.1) is 0 Å². The molecule has 2 N–H and O–H groups in total. The minimum Gasteiger partial charge on any atom is -0.384 e. The highest BCUT2D eigenvalue weighted by atomic mass is 16.3. The Morgan fingerprint density at radius 1 is 1.47 bits per heavy atom. The predicted octanol–water partition coefficient (Wildman–Crippen LogP) is 1.20. The summed E-state index contributed by atoms with van der Waals surface area (Å²) in [7, 11) is 0. The summed E-state index contributed by atoms with van der Waals surface area (Å²) >= 11 is 0. The van der Waals surface area contributed by atoms with Crippen LogP contribution in [-0.4, -0.2) is 23.7 Å². The van der Waals surface area contributed by atoms with Crippen LogP contribution in [0.1, 0.15) is 12.5 Å². The lowest BCUT2D eigenvalue weighted by Crippen LogP contribution is -2.32. The molecule has 1 aromatic carbocycles. The first kappa shape index (κ1) is 11.5. The van der Waals surface area contributed by atoms with Crippen LogP contribution in [0.25, 0.3) is 6.08 Å². The monoisotopic (exact) mass is 205 g/mol. The van der Waals surface area contributed by atoms with Gasteiger partial charge in [-0.05, 0) is 12.5 Å². The maximum Gasteiger partial charge on any atom is 0.248 e. The average molecular weight is 205 g/mol. The van der Waals surface area contributed by atoms with Gasteiger partial charge < -0.3 is 10.4 Å². The number of carbonyl (C=O) groups is 1. The Morgan fingerprint density at radius 3 is 2.73 bits per heavy atom. The Labute approximate surface area is 89.4 Å². The highest BCUT2D eigenvalue weighted by Gasteiger charge is 2.05. The van der Waals surface area contributed by atoms with Crippen molar-refractivity contribution in [1.82, 2.24) is 5.32 Å². The molecule has 0 heterocycles. The van der Waals surface area contributed by atoms with Crippen LogP contribution >= 0.6 is 0 Å². The summed E-state index contributed by atoms with van der Waals surface area (Å²) in [6.07, 6.45) is 2.81. The second-order valence-electron chi connectivity index (χ2n) is 3.23. The van der Waals surface area contributed by atoms with Crippen LogP contribution in [0.15, 0.2) is 36.4 Å². The molecule has 0 aromatic heterocycles. The number of carbonyl (C=O) groups excluding carboxylic acids is 1. The number of hydrogen-bond donors (Lipinski definition) is 2. The van der Waals surface area contributed by atoms with Gasteiger partial charge in [0.2, 0.25) is 5.91 Å². The van der Waals surface area contributed by atoms with Crippen molar-refractivity contribution in [2.75, 3.05) is 6.54 Å². The summed E-state index contributed by atoms with van der Waals surface area (Å²) in [5.74, 6) is -0.354. The zero-order valence-electron chi connectivity index (χ0n) is 8.68. The van der Waals surface area contributed by atoms with Crippen molar-refractivity contribution >= 4 is 12.0 Å². The highest BCUT2D eigenvalue weighted by Crippen LogP contribution is 1.99. The summed E-state index contributed by atoms with van der Waals surface area (Å²) < 4.78 is 0. The Hall–Kier alpha value is -1.61. The van der Waals surface area contributed by atoms with Gasteiger partial charge >= 0.3 is 0 Å². The zero-order chi connectivity index (χ0) is 11.1. The van der Waals surface area contributed by atoms with E-state index in [4.69, 9.17) is 5.11 Å². The molecule has 0 aliphatic carbocycles. The maximum absolute atomic E-state index is 11.0. The van der Waals surface area contributed by atoms with Crippen LogP contribution in [0.2, 0.25) is 0 Å². The molecule has 3 nitrogen and oxygen atoms in total. The molecule has 0 aliphatic rings. The average Bonchev–Trinajstić information content (AvgIpc) is 2.25. The molecule has 0 fully saturated rings. The molecule has 1 amide bonds. The van der Waals surface area contributed by atoms with Gasteiger partial charge in [0.05, 0.1) is 0 Å². The summed E-state index contributed by atoms with van der Waals surface area (Å²) in [6.45, 7) is 1.87. The number of nitrogens with one attached hydrogen (secondary N) is 1. The van der Waals surface area contributed by atoms with Crippen molar-refractivity contribution in [2.45, 2.75) is 13.0 Å². The molecule has 1 rings (SSSR count). The molecular weight excluding hydrogens is 190 g/mol. The fourth-order valence-corrected chi connectivity index (χ4v) is 1.07. The van der Waals surface area contributed by atoms with E-state index in [9.17, 15) is 4.79 Å². The number of hydrogen-bond acceptors (Lipinski definition) is 2. The van der Waals surface area contributed by atoms with Gasteiger partial charge in [0, 0.05) is 6.54 Å². The molecule has 0 aliphatic heterocycles. The fourth-order valence-electron chi connectivity index (χ4n) is 1.07. The molecule has 0 spiro atoms. The molecule has 3 heteroatoms. The number of rotatable bonds is 4. The van der Waals surface area contributed by atoms with Gasteiger partial charge in [0.1, 0.15) is 6.10 Å². The molecule has 80 valence electrons. The highest BCUT2D eigenvalue weighted by molar-refractivity contribution is 5.80. The molecule has 0 saturated heterocycles. The van der Waals surface area contributed by atoms with E-state index in [1.165, 1.54) is 6.92 Å². The maximum atomic E-state index is 11.0. The van der Waals surface area contributed by atoms with Gasteiger partial charge in [-0.1, -0.05) is 42.5 Å². The normalized spacial score (nSPS) is 12.7. The van der Waals surface area contributed by atoms with Crippen molar-refractivity contribution in [2.24, 2.45) is 0 Å². The van der Waals surface area contributed by atoms with Crippen molar-refractivity contribution in [3.63, 3.8) is 0 Å². The number of amides is 1. The van der Waals surface area contributed by atoms with E-state index in [0.29, 0.717) is 6.54 Å². The molecule has 15 heavy (non-hydrogen) atoms. The van der Waals surface area contributed by atoms with Gasteiger partial charge in [-0.3, -0.25) is 4.79 Å². The van der Waals surface area contributed by atoms with Crippen LogP contribution in [0.3, 0.4) is 0 Å². The van der Waals surface area contributed by atoms with E-state index in [0.717, 1.165) is 5.56 Å². The second-order valence-corrected chi connectivity index (χ2v) is 3.23. The molecule has 0 radical (unpaired) electrons. The second kappa shape index (κ2) is 5.98. The van der Waals surface area contributed by atoms with Gasteiger partial charge in [-0.15, -0.1) is 0 Å². The molecule has 0 bridgehead atoms. The topological polar surface area (TPSA) is 49.3 Å². The van der Waals surface area contributed by atoms with Crippen LogP contribution in [0.4, 0.5) is 0 Å². The lowest BCUT2D eigenvalue weighted by atomic mass is 10.2. The molecule has 0 saturated carbocycles. The van der Waals surface area contributed by atoms with E-state index in [-0.39, 0.29) is 5.91 Å². The van der Waals surface area contributed by atoms with Crippen molar-refractivity contribution < 1.29 is 9.90 Å². The fraction of sp³-hybridized carbons (Fsp3) is 0.250. The molecule has 1 atom stereocenters. The number of aliphatic hydroxyl groups excluding tert-OH is 1. The van der Waals surface area contributed by atoms with Crippen LogP contribution in [0.5, 0.6) is 0 Å². The SMILES string of the molecule is C[C@@H](O)C(=O)NC/C=C/c1ccccc1.